The van der Waals surface area contributed by atoms with Crippen LogP contribution in [0.1, 0.15) is 46.8 Å². The Balaban J connectivity index is 1.69. The molecule has 2 heterocycles. The largest absolute Gasteiger partial charge is 0.350 e. The molecule has 0 spiro atoms. The van der Waals surface area contributed by atoms with Gasteiger partial charge in [0.25, 0.3) is 11.6 Å². The lowest BCUT2D eigenvalue weighted by atomic mass is 10.0. The molecule has 0 aliphatic carbocycles. The molecule has 0 radical (unpaired) electrons. The van der Waals surface area contributed by atoms with E-state index in [2.05, 4.69) is 27.0 Å². The number of carbonyl (C=O) groups excluding carboxylic acids is 1. The number of nitro benzene ring substituents is 1. The number of hydrogen-bond donors (Lipinski definition) is 1. The standard InChI is InChI=1S/C19H23N3O3S/c1-14-11-15(5-6-17(14)22(24)25)19(23)20-12-18(16-7-10-26-13-16)21-8-3-2-4-9-21/h5-7,10-11,13,18H,2-4,8-9,12H2,1H3,(H,20,23). The van der Waals surface area contributed by atoms with Gasteiger partial charge in [-0.15, -0.1) is 0 Å². The van der Waals surface area contributed by atoms with Crippen molar-refractivity contribution in [3.63, 3.8) is 0 Å². The fourth-order valence-electron chi connectivity index (χ4n) is 3.45. The molecule has 3 rings (SSSR count). The molecule has 1 saturated heterocycles. The molecule has 138 valence electrons. The maximum Gasteiger partial charge on any atom is 0.272 e. The van der Waals surface area contributed by atoms with Crippen LogP contribution in [0.2, 0.25) is 0 Å². The number of carbonyl (C=O) groups is 1. The molecule has 1 aliphatic rings. The molecule has 0 saturated carbocycles. The van der Waals surface area contributed by atoms with Crippen LogP contribution in [0, 0.1) is 17.0 Å². The Morgan fingerprint density at radius 2 is 2.08 bits per heavy atom. The summed E-state index contributed by atoms with van der Waals surface area (Å²) in [6.45, 7) is 4.28. The van der Waals surface area contributed by atoms with Crippen molar-refractivity contribution in [2.24, 2.45) is 0 Å². The minimum atomic E-state index is -0.431. The van der Waals surface area contributed by atoms with Gasteiger partial charge in [-0.25, -0.2) is 0 Å². The number of nitrogens with zero attached hydrogens (tertiary/aromatic N) is 2. The number of thiophene rings is 1. The van der Waals surface area contributed by atoms with Crippen LogP contribution in [-0.2, 0) is 0 Å². The Kier molecular flexibility index (Phi) is 6.00. The van der Waals surface area contributed by atoms with Crippen LogP contribution >= 0.6 is 11.3 Å². The van der Waals surface area contributed by atoms with Gasteiger partial charge in [-0.05, 0) is 67.4 Å². The quantitative estimate of drug-likeness (QED) is 0.615. The van der Waals surface area contributed by atoms with Crippen molar-refractivity contribution >= 4 is 22.9 Å². The summed E-state index contributed by atoms with van der Waals surface area (Å²) in [5.74, 6) is -0.194. The highest BCUT2D eigenvalue weighted by atomic mass is 32.1. The molecule has 1 aliphatic heterocycles. The first kappa shape index (κ1) is 18.5. The third-order valence-corrected chi connectivity index (χ3v) is 5.57. The first-order valence-corrected chi connectivity index (χ1v) is 9.80. The number of nitro groups is 1. The highest BCUT2D eigenvalue weighted by Gasteiger charge is 2.23. The molecule has 1 unspecified atom stereocenters. The molecular weight excluding hydrogens is 350 g/mol. The second-order valence-corrected chi connectivity index (χ2v) is 7.42. The smallest absolute Gasteiger partial charge is 0.272 e. The third kappa shape index (κ3) is 4.28. The predicted octanol–water partition coefficient (Wildman–Crippen LogP) is 3.92. The van der Waals surface area contributed by atoms with Crippen molar-refractivity contribution in [2.45, 2.75) is 32.2 Å². The molecule has 1 aromatic carbocycles. The minimum absolute atomic E-state index is 0.0333. The fraction of sp³-hybridized carbons (Fsp3) is 0.421. The summed E-state index contributed by atoms with van der Waals surface area (Å²) in [5, 5.41) is 18.1. The summed E-state index contributed by atoms with van der Waals surface area (Å²) in [5.41, 5.74) is 2.21. The molecule has 2 aromatic rings. The molecule has 1 fully saturated rings. The fourth-order valence-corrected chi connectivity index (χ4v) is 4.15. The van der Waals surface area contributed by atoms with Crippen molar-refractivity contribution in [3.8, 4) is 0 Å². The summed E-state index contributed by atoms with van der Waals surface area (Å²) in [4.78, 5) is 25.5. The molecule has 1 N–H and O–H groups in total. The highest BCUT2D eigenvalue weighted by Crippen LogP contribution is 2.26. The molecule has 1 amide bonds. The molecule has 1 aromatic heterocycles. The Morgan fingerprint density at radius 1 is 1.31 bits per heavy atom. The van der Waals surface area contributed by atoms with Crippen molar-refractivity contribution in [1.29, 1.82) is 0 Å². The second-order valence-electron chi connectivity index (χ2n) is 6.64. The van der Waals surface area contributed by atoms with Gasteiger partial charge in [0, 0.05) is 23.7 Å². The maximum absolute atomic E-state index is 12.5. The number of rotatable bonds is 6. The van der Waals surface area contributed by atoms with E-state index in [0.717, 1.165) is 13.1 Å². The number of piperidine rings is 1. The number of likely N-dealkylation sites (tertiary alicyclic amines) is 1. The van der Waals surface area contributed by atoms with Gasteiger partial charge >= 0.3 is 0 Å². The van der Waals surface area contributed by atoms with Gasteiger partial charge in [-0.2, -0.15) is 11.3 Å². The lowest BCUT2D eigenvalue weighted by molar-refractivity contribution is -0.385. The summed E-state index contributed by atoms with van der Waals surface area (Å²) < 4.78 is 0. The van der Waals surface area contributed by atoms with E-state index < -0.39 is 4.92 Å². The summed E-state index contributed by atoms with van der Waals surface area (Å²) in [6.07, 6.45) is 3.65. The SMILES string of the molecule is Cc1cc(C(=O)NCC(c2ccsc2)N2CCCCC2)ccc1[N+](=O)[O-]. The molecule has 6 nitrogen and oxygen atoms in total. The minimum Gasteiger partial charge on any atom is -0.350 e. The Bertz CT molecular complexity index is 770. The van der Waals surface area contributed by atoms with E-state index >= 15 is 0 Å². The van der Waals surface area contributed by atoms with E-state index in [9.17, 15) is 14.9 Å². The lowest BCUT2D eigenvalue weighted by Crippen LogP contribution is -2.40. The number of nitrogens with one attached hydrogen (secondary N) is 1. The van der Waals surface area contributed by atoms with E-state index in [1.165, 1.54) is 37.0 Å². The molecule has 7 heteroatoms. The maximum atomic E-state index is 12.5. The summed E-state index contributed by atoms with van der Waals surface area (Å²) >= 11 is 1.67. The monoisotopic (exact) mass is 373 g/mol. The summed E-state index contributed by atoms with van der Waals surface area (Å²) in [7, 11) is 0. The normalized spacial score (nSPS) is 16.2. The average molecular weight is 373 g/mol. The first-order valence-electron chi connectivity index (χ1n) is 8.85. The second kappa shape index (κ2) is 8.42. The van der Waals surface area contributed by atoms with Crippen molar-refractivity contribution in [2.75, 3.05) is 19.6 Å². The molecule has 1 atom stereocenters. The van der Waals surface area contributed by atoms with Crippen molar-refractivity contribution in [3.05, 3.63) is 61.8 Å². The zero-order valence-corrected chi connectivity index (χ0v) is 15.6. The van der Waals surface area contributed by atoms with Gasteiger partial charge in [-0.1, -0.05) is 6.42 Å². The molecule has 26 heavy (non-hydrogen) atoms. The topological polar surface area (TPSA) is 75.5 Å². The van der Waals surface area contributed by atoms with Gasteiger partial charge in [-0.3, -0.25) is 19.8 Å². The van der Waals surface area contributed by atoms with Crippen LogP contribution in [0.3, 0.4) is 0 Å². The van der Waals surface area contributed by atoms with Gasteiger partial charge < -0.3 is 5.32 Å². The molecular formula is C19H23N3O3S. The van der Waals surface area contributed by atoms with E-state index in [1.54, 1.807) is 24.3 Å². The zero-order valence-electron chi connectivity index (χ0n) is 14.8. The van der Waals surface area contributed by atoms with Crippen LogP contribution in [0.5, 0.6) is 0 Å². The number of benzene rings is 1. The Morgan fingerprint density at radius 3 is 2.69 bits per heavy atom. The first-order chi connectivity index (χ1) is 12.6. The van der Waals surface area contributed by atoms with E-state index in [0.29, 0.717) is 17.7 Å². The van der Waals surface area contributed by atoms with E-state index in [4.69, 9.17) is 0 Å². The van der Waals surface area contributed by atoms with E-state index in [-0.39, 0.29) is 17.6 Å². The average Bonchev–Trinajstić information content (AvgIpc) is 3.16. The van der Waals surface area contributed by atoms with Gasteiger partial charge in [0.1, 0.15) is 0 Å². The van der Waals surface area contributed by atoms with Crippen LogP contribution in [-0.4, -0.2) is 35.4 Å². The highest BCUT2D eigenvalue weighted by molar-refractivity contribution is 7.07. The van der Waals surface area contributed by atoms with Crippen LogP contribution in [0.4, 0.5) is 5.69 Å². The predicted molar refractivity (Wildman–Crippen MR) is 103 cm³/mol. The summed E-state index contributed by atoms with van der Waals surface area (Å²) in [6, 6.07) is 6.77. The zero-order chi connectivity index (χ0) is 18.5. The number of hydrogen-bond acceptors (Lipinski definition) is 5. The van der Waals surface area contributed by atoms with Crippen LogP contribution in [0.25, 0.3) is 0 Å². The van der Waals surface area contributed by atoms with Gasteiger partial charge in [0.05, 0.1) is 11.0 Å². The van der Waals surface area contributed by atoms with Crippen molar-refractivity contribution in [1.82, 2.24) is 10.2 Å². The lowest BCUT2D eigenvalue weighted by Gasteiger charge is -2.34. The number of aryl methyl sites for hydroxylation is 1. The third-order valence-electron chi connectivity index (χ3n) is 4.87. The molecule has 0 bridgehead atoms. The van der Waals surface area contributed by atoms with Gasteiger partial charge in [0.2, 0.25) is 0 Å². The van der Waals surface area contributed by atoms with Crippen molar-refractivity contribution < 1.29 is 9.72 Å². The van der Waals surface area contributed by atoms with Crippen LogP contribution < -0.4 is 5.32 Å². The Labute approximate surface area is 157 Å². The van der Waals surface area contributed by atoms with Gasteiger partial charge in [0.15, 0.2) is 0 Å². The van der Waals surface area contributed by atoms with Crippen LogP contribution in [0.15, 0.2) is 35.0 Å². The van der Waals surface area contributed by atoms with E-state index in [1.807, 2.05) is 0 Å². The Hall–Kier alpha value is -2.25. The number of amides is 1.